The maximum Gasteiger partial charge on any atom is 0.568 e. The van der Waals surface area contributed by atoms with E-state index in [1.165, 1.54) is 0 Å². The summed E-state index contributed by atoms with van der Waals surface area (Å²) in [4.78, 5) is 0. The summed E-state index contributed by atoms with van der Waals surface area (Å²) in [7, 11) is 1.000. The first-order valence-electron chi connectivity index (χ1n) is 5.75. The molecule has 0 aliphatic rings. The third-order valence-electron chi connectivity index (χ3n) is 2.59. The monoisotopic (exact) mass is 290 g/mol. The van der Waals surface area contributed by atoms with E-state index in [2.05, 4.69) is 24.3 Å². The summed E-state index contributed by atoms with van der Waals surface area (Å²) in [5.74, 6) is 0. The average Bonchev–Trinajstić information content (AvgIpc) is 2.25. The van der Waals surface area contributed by atoms with Crippen LogP contribution in [0.5, 0.6) is 0 Å². The molecule has 0 aromatic carbocycles. The predicted molar refractivity (Wildman–Crippen MR) is 70.3 cm³/mol. The van der Waals surface area contributed by atoms with Crippen molar-refractivity contribution in [2.75, 3.05) is 0 Å². The molecule has 6 radical (unpaired) electrons. The summed E-state index contributed by atoms with van der Waals surface area (Å²) in [6.07, 6.45) is 1.80. The third kappa shape index (κ3) is 8.25. The lowest BCUT2D eigenvalue weighted by molar-refractivity contribution is -0.0162. The Morgan fingerprint density at radius 3 is 1.71 bits per heavy atom. The Morgan fingerprint density at radius 2 is 1.41 bits per heavy atom. The summed E-state index contributed by atoms with van der Waals surface area (Å²) in [6, 6.07) is 0. The van der Waals surface area contributed by atoms with Crippen molar-refractivity contribution in [2.24, 2.45) is 0 Å². The smallest absolute Gasteiger partial charge is 0.435 e. The molecule has 0 heterocycles. The zero-order valence-corrected chi connectivity index (χ0v) is 14.5. The second-order valence-electron chi connectivity index (χ2n) is 4.97. The molecule has 0 saturated heterocycles. The highest BCUT2D eigenvalue weighted by atomic mass is 28.4. The fourth-order valence-electron chi connectivity index (χ4n) is 0.713. The fourth-order valence-corrected chi connectivity index (χ4v) is 3.09. The maximum atomic E-state index is 5.89. The SMILES string of the molecule is CCC(C)(C)O[Si](O[Si]O[Si])OC(C)(C)CC. The van der Waals surface area contributed by atoms with Crippen LogP contribution < -0.4 is 0 Å². The number of rotatable bonds is 9. The molecule has 0 aromatic rings. The van der Waals surface area contributed by atoms with Gasteiger partial charge in [-0.2, -0.15) is 0 Å². The molecule has 0 fully saturated rings. The molecule has 0 aliphatic carbocycles. The highest BCUT2D eigenvalue weighted by Gasteiger charge is 2.33. The summed E-state index contributed by atoms with van der Waals surface area (Å²) < 4.78 is 22.0. The minimum Gasteiger partial charge on any atom is -0.435 e. The molecule has 7 heteroatoms. The Bertz CT molecular complexity index is 194. The third-order valence-corrected chi connectivity index (χ3v) is 5.36. The van der Waals surface area contributed by atoms with Crippen LogP contribution in [0.4, 0.5) is 0 Å². The van der Waals surface area contributed by atoms with Gasteiger partial charge in [-0.15, -0.1) is 0 Å². The second kappa shape index (κ2) is 7.82. The van der Waals surface area contributed by atoms with Crippen molar-refractivity contribution in [3.63, 3.8) is 0 Å². The van der Waals surface area contributed by atoms with Gasteiger partial charge >= 0.3 is 19.5 Å². The quantitative estimate of drug-likeness (QED) is 0.609. The summed E-state index contributed by atoms with van der Waals surface area (Å²) in [5.41, 5.74) is -0.483. The van der Waals surface area contributed by atoms with Crippen LogP contribution in [0.3, 0.4) is 0 Å². The molecular formula is C10H22O4Si3. The largest absolute Gasteiger partial charge is 0.568 e. The average molecular weight is 291 g/mol. The van der Waals surface area contributed by atoms with E-state index in [0.717, 1.165) is 12.8 Å². The molecule has 0 N–H and O–H groups in total. The molecule has 0 atom stereocenters. The van der Waals surface area contributed by atoms with Crippen LogP contribution >= 0.6 is 0 Å². The van der Waals surface area contributed by atoms with Crippen LogP contribution in [0.2, 0.25) is 0 Å². The van der Waals surface area contributed by atoms with Gasteiger partial charge in [0.15, 0.2) is 0 Å². The van der Waals surface area contributed by atoms with Crippen molar-refractivity contribution in [3.8, 4) is 0 Å². The summed E-state index contributed by atoms with van der Waals surface area (Å²) >= 11 is 0. The van der Waals surface area contributed by atoms with Gasteiger partial charge in [-0.05, 0) is 40.5 Å². The molecule has 98 valence electrons. The lowest BCUT2D eigenvalue weighted by atomic mass is 10.1. The topological polar surface area (TPSA) is 36.9 Å². The van der Waals surface area contributed by atoms with Gasteiger partial charge in [-0.25, -0.2) is 0 Å². The first-order chi connectivity index (χ1) is 7.76. The van der Waals surface area contributed by atoms with Crippen LogP contribution in [0.15, 0.2) is 0 Å². The second-order valence-corrected chi connectivity index (χ2v) is 7.68. The number of hydrogen-bond donors (Lipinski definition) is 0. The highest BCUT2D eigenvalue weighted by Crippen LogP contribution is 2.21. The molecule has 0 saturated carbocycles. The molecule has 0 aliphatic heterocycles. The highest BCUT2D eigenvalue weighted by molar-refractivity contribution is 6.47. The van der Waals surface area contributed by atoms with Gasteiger partial charge in [-0.3, -0.25) is 0 Å². The molecule has 0 bridgehead atoms. The predicted octanol–water partition coefficient (Wildman–Crippen LogP) is 2.03. The Hall–Kier alpha value is 0.491. The Balaban J connectivity index is 4.43. The van der Waals surface area contributed by atoms with Gasteiger partial charge in [0.2, 0.25) is 10.5 Å². The minimum atomic E-state index is -1.79. The zero-order valence-electron chi connectivity index (χ0n) is 11.5. The van der Waals surface area contributed by atoms with E-state index in [9.17, 15) is 0 Å². The van der Waals surface area contributed by atoms with Gasteiger partial charge in [0.1, 0.15) is 0 Å². The molecular weight excluding hydrogens is 268 g/mol. The normalized spacial score (nSPS) is 13.4. The van der Waals surface area contributed by atoms with Crippen LogP contribution in [-0.4, -0.2) is 41.2 Å². The first-order valence-corrected chi connectivity index (χ1v) is 8.20. The standard InChI is InChI=1S/C10H22O4Si3/c1-7-9(3,4)11-17(14-16-13-15)12-10(5,6)8-2/h7-8H2,1-6H3. The summed E-state index contributed by atoms with van der Waals surface area (Å²) in [5, 5.41) is 0. The lowest BCUT2D eigenvalue weighted by Crippen LogP contribution is -2.43. The van der Waals surface area contributed by atoms with Crippen LogP contribution in [-0.2, 0) is 17.1 Å². The van der Waals surface area contributed by atoms with E-state index in [1.54, 1.807) is 0 Å². The van der Waals surface area contributed by atoms with Crippen molar-refractivity contribution in [1.82, 2.24) is 0 Å². The van der Waals surface area contributed by atoms with E-state index in [4.69, 9.17) is 17.1 Å². The van der Waals surface area contributed by atoms with Crippen LogP contribution in [0.1, 0.15) is 54.4 Å². The lowest BCUT2D eigenvalue weighted by Gasteiger charge is -2.32. The Morgan fingerprint density at radius 1 is 1.00 bits per heavy atom. The van der Waals surface area contributed by atoms with Gasteiger partial charge in [0.25, 0.3) is 0 Å². The molecule has 0 rings (SSSR count). The van der Waals surface area contributed by atoms with E-state index < -0.39 is 9.53 Å². The molecule has 0 unspecified atom stereocenters. The fraction of sp³-hybridized carbons (Fsp3) is 1.00. The molecule has 17 heavy (non-hydrogen) atoms. The van der Waals surface area contributed by atoms with Crippen LogP contribution in [0, 0.1) is 0 Å². The van der Waals surface area contributed by atoms with Gasteiger partial charge in [0.05, 0.1) is 11.2 Å². The Labute approximate surface area is 113 Å². The van der Waals surface area contributed by atoms with Gasteiger partial charge in [0, 0.05) is 0 Å². The van der Waals surface area contributed by atoms with E-state index in [1.807, 2.05) is 27.7 Å². The Kier molecular flexibility index (Phi) is 8.05. The summed E-state index contributed by atoms with van der Waals surface area (Å²) in [6.45, 7) is 12.3. The molecule has 0 spiro atoms. The van der Waals surface area contributed by atoms with Crippen molar-refractivity contribution >= 4 is 30.0 Å². The first kappa shape index (κ1) is 17.5. The van der Waals surface area contributed by atoms with Crippen molar-refractivity contribution < 1.29 is 17.1 Å². The molecule has 4 nitrogen and oxygen atoms in total. The molecule has 0 aromatic heterocycles. The van der Waals surface area contributed by atoms with E-state index in [0.29, 0.717) is 0 Å². The maximum absolute atomic E-state index is 5.89. The van der Waals surface area contributed by atoms with Crippen LogP contribution in [0.25, 0.3) is 0 Å². The van der Waals surface area contributed by atoms with Crippen molar-refractivity contribution in [2.45, 2.75) is 65.6 Å². The van der Waals surface area contributed by atoms with E-state index >= 15 is 0 Å². The zero-order chi connectivity index (χ0) is 13.5. The van der Waals surface area contributed by atoms with E-state index in [-0.39, 0.29) is 21.2 Å². The van der Waals surface area contributed by atoms with Crippen molar-refractivity contribution in [3.05, 3.63) is 0 Å². The molecule has 0 amide bonds. The van der Waals surface area contributed by atoms with Gasteiger partial charge < -0.3 is 17.1 Å². The minimum absolute atomic E-state index is 0.121. The van der Waals surface area contributed by atoms with Gasteiger partial charge in [-0.1, -0.05) is 13.8 Å². The van der Waals surface area contributed by atoms with Crippen molar-refractivity contribution in [1.29, 1.82) is 0 Å². The number of hydrogen-bond acceptors (Lipinski definition) is 4.